The highest BCUT2D eigenvalue weighted by Crippen LogP contribution is 2.34. The lowest BCUT2D eigenvalue weighted by Crippen LogP contribution is -2.54. The van der Waals surface area contributed by atoms with Crippen LogP contribution in [0.5, 0.6) is 5.75 Å². The Kier molecular flexibility index (Phi) is 6.90. The van der Waals surface area contributed by atoms with Crippen molar-refractivity contribution in [2.45, 2.75) is 43.7 Å². The first kappa shape index (κ1) is 25.4. The smallest absolute Gasteiger partial charge is 0.406 e. The van der Waals surface area contributed by atoms with Gasteiger partial charge in [-0.25, -0.2) is 23.1 Å². The van der Waals surface area contributed by atoms with Crippen molar-refractivity contribution in [1.82, 2.24) is 15.3 Å². The van der Waals surface area contributed by atoms with E-state index in [1.54, 1.807) is 0 Å². The van der Waals surface area contributed by atoms with Crippen LogP contribution in [0.25, 0.3) is 22.6 Å². The van der Waals surface area contributed by atoms with Crippen LogP contribution in [0.2, 0.25) is 0 Å². The summed E-state index contributed by atoms with van der Waals surface area (Å²) in [6.07, 6.45) is -7.26. The maximum Gasteiger partial charge on any atom is 0.573 e. The molecule has 1 heterocycles. The van der Waals surface area contributed by atoms with Crippen molar-refractivity contribution in [3.05, 3.63) is 66.1 Å². The highest BCUT2D eigenvalue weighted by molar-refractivity contribution is 5.94. The first-order valence-electron chi connectivity index (χ1n) is 10.8. The molecule has 0 spiro atoms. The fourth-order valence-electron chi connectivity index (χ4n) is 3.85. The monoisotopic (exact) mass is 511 g/mol. The maximum absolute atomic E-state index is 13.9. The van der Waals surface area contributed by atoms with Gasteiger partial charge in [0.05, 0.1) is 11.7 Å². The molecule has 3 aromatic rings. The van der Waals surface area contributed by atoms with Gasteiger partial charge in [0.25, 0.3) is 11.8 Å². The molecule has 2 aromatic carbocycles. The van der Waals surface area contributed by atoms with Crippen LogP contribution in [0.1, 0.15) is 29.8 Å². The number of nitrogens with zero attached hydrogens (tertiary/aromatic N) is 2. The summed E-state index contributed by atoms with van der Waals surface area (Å²) < 4.78 is 82.8. The lowest BCUT2D eigenvalue weighted by molar-refractivity contribution is -0.274. The number of hydrogen-bond donors (Lipinski definition) is 2. The van der Waals surface area contributed by atoms with E-state index in [2.05, 4.69) is 20.0 Å². The van der Waals surface area contributed by atoms with Crippen LogP contribution < -0.4 is 10.1 Å². The van der Waals surface area contributed by atoms with Gasteiger partial charge >= 0.3 is 6.36 Å². The Hall–Kier alpha value is -3.67. The minimum atomic E-state index is -4.88. The molecule has 36 heavy (non-hydrogen) atoms. The Morgan fingerprint density at radius 3 is 2.44 bits per heavy atom. The third kappa shape index (κ3) is 5.93. The van der Waals surface area contributed by atoms with Crippen LogP contribution in [0.3, 0.4) is 0 Å². The predicted octanol–water partition coefficient (Wildman–Crippen LogP) is 5.13. The molecule has 1 aliphatic carbocycles. The van der Waals surface area contributed by atoms with Gasteiger partial charge in [0.2, 0.25) is 0 Å². The molecule has 1 aliphatic rings. The van der Waals surface area contributed by atoms with Crippen molar-refractivity contribution in [2.75, 3.05) is 0 Å². The lowest BCUT2D eigenvalue weighted by atomic mass is 9.89. The van der Waals surface area contributed by atoms with Crippen LogP contribution in [0.4, 0.5) is 26.3 Å². The van der Waals surface area contributed by atoms with Gasteiger partial charge in [-0.3, -0.25) is 4.79 Å². The molecule has 4 rings (SSSR count). The van der Waals surface area contributed by atoms with Crippen LogP contribution in [-0.4, -0.2) is 45.4 Å². The summed E-state index contributed by atoms with van der Waals surface area (Å²) in [4.78, 5) is 21.4. The summed E-state index contributed by atoms with van der Waals surface area (Å²) in [5.74, 6) is -5.40. The Balaban J connectivity index is 1.69. The molecular formula is C24H19F6N3O3. The molecule has 0 aliphatic heterocycles. The Bertz CT molecular complexity index is 1250. The van der Waals surface area contributed by atoms with Gasteiger partial charge in [-0.1, -0.05) is 12.1 Å². The number of nitrogens with one attached hydrogen (secondary N) is 1. The number of hydrogen-bond acceptors (Lipinski definition) is 5. The molecule has 1 amide bonds. The van der Waals surface area contributed by atoms with E-state index in [4.69, 9.17) is 0 Å². The molecule has 2 N–H and O–H groups in total. The van der Waals surface area contributed by atoms with Crippen molar-refractivity contribution < 1.29 is 41.0 Å². The molecule has 1 fully saturated rings. The number of aliphatic hydroxyl groups excluding tert-OH is 1. The number of rotatable bonds is 5. The average molecular weight is 511 g/mol. The Labute approximate surface area is 201 Å². The van der Waals surface area contributed by atoms with Crippen LogP contribution in [-0.2, 0) is 0 Å². The molecule has 0 saturated heterocycles. The molecule has 2 unspecified atom stereocenters. The van der Waals surface area contributed by atoms with E-state index < -0.39 is 48.3 Å². The fraction of sp³-hybridized carbons (Fsp3) is 0.292. The summed E-state index contributed by atoms with van der Waals surface area (Å²) in [5.41, 5.74) is 0.313. The highest BCUT2D eigenvalue weighted by atomic mass is 19.4. The number of halogens is 6. The summed E-state index contributed by atoms with van der Waals surface area (Å²) >= 11 is 0. The number of benzene rings is 2. The Morgan fingerprint density at radius 2 is 1.78 bits per heavy atom. The van der Waals surface area contributed by atoms with Crippen LogP contribution >= 0.6 is 0 Å². The molecule has 190 valence electrons. The van der Waals surface area contributed by atoms with Gasteiger partial charge in [0.15, 0.2) is 5.82 Å². The zero-order valence-corrected chi connectivity index (χ0v) is 18.4. The van der Waals surface area contributed by atoms with Crippen molar-refractivity contribution in [3.63, 3.8) is 0 Å². The molecule has 1 saturated carbocycles. The zero-order chi connectivity index (χ0) is 26.1. The van der Waals surface area contributed by atoms with E-state index in [1.807, 2.05) is 0 Å². The van der Waals surface area contributed by atoms with Crippen molar-refractivity contribution >= 4 is 5.91 Å². The summed E-state index contributed by atoms with van der Waals surface area (Å²) in [7, 11) is 0. The standard InChI is InChI=1S/C24H19F6N3O3/c25-15-4-1-3-14(11-15)21-31-18(13-6-8-16(9-7-13)36-24(28,29)30)12-19(32-21)22(35)33-17-5-2-10-23(26,27)20(17)34/h1,3-4,6-9,11-12,17,20,34H,2,5,10H2,(H,33,35). The van der Waals surface area contributed by atoms with Crippen LogP contribution in [0, 0.1) is 5.82 Å². The van der Waals surface area contributed by atoms with E-state index in [9.17, 15) is 36.2 Å². The molecule has 12 heteroatoms. The van der Waals surface area contributed by atoms with Crippen LogP contribution in [0.15, 0.2) is 54.6 Å². The average Bonchev–Trinajstić information content (AvgIpc) is 2.81. The molecule has 2 atom stereocenters. The molecule has 0 bridgehead atoms. The quantitative estimate of drug-likeness (QED) is 0.465. The lowest BCUT2D eigenvalue weighted by Gasteiger charge is -2.34. The normalized spacial score (nSPS) is 19.5. The van der Waals surface area contributed by atoms with Crippen molar-refractivity contribution in [2.24, 2.45) is 0 Å². The van der Waals surface area contributed by atoms with Gasteiger partial charge in [-0.2, -0.15) is 0 Å². The van der Waals surface area contributed by atoms with E-state index in [1.165, 1.54) is 36.4 Å². The zero-order valence-electron chi connectivity index (χ0n) is 18.4. The third-order valence-corrected chi connectivity index (χ3v) is 5.58. The fourth-order valence-corrected chi connectivity index (χ4v) is 3.85. The minimum Gasteiger partial charge on any atom is -0.406 e. The third-order valence-electron chi connectivity index (χ3n) is 5.58. The first-order chi connectivity index (χ1) is 16.9. The number of aromatic nitrogens is 2. The second-order valence-corrected chi connectivity index (χ2v) is 8.22. The summed E-state index contributed by atoms with van der Waals surface area (Å²) in [5, 5.41) is 12.3. The second-order valence-electron chi connectivity index (χ2n) is 8.22. The number of aliphatic hydroxyl groups is 1. The minimum absolute atomic E-state index is 0.0812. The van der Waals surface area contributed by atoms with Gasteiger partial charge in [-0.05, 0) is 55.3 Å². The Morgan fingerprint density at radius 1 is 1.06 bits per heavy atom. The summed E-state index contributed by atoms with van der Waals surface area (Å²) in [6, 6.07) is 9.80. The van der Waals surface area contributed by atoms with E-state index in [-0.39, 0.29) is 41.2 Å². The van der Waals surface area contributed by atoms with E-state index in [0.717, 1.165) is 18.2 Å². The highest BCUT2D eigenvalue weighted by Gasteiger charge is 2.46. The van der Waals surface area contributed by atoms with Gasteiger partial charge in [0, 0.05) is 17.5 Å². The van der Waals surface area contributed by atoms with Gasteiger partial charge in [-0.15, -0.1) is 13.2 Å². The second kappa shape index (κ2) is 9.76. The predicted molar refractivity (Wildman–Crippen MR) is 116 cm³/mol. The first-order valence-corrected chi connectivity index (χ1v) is 10.8. The van der Waals surface area contributed by atoms with Crippen molar-refractivity contribution in [1.29, 1.82) is 0 Å². The number of ether oxygens (including phenoxy) is 1. The van der Waals surface area contributed by atoms with Gasteiger partial charge < -0.3 is 15.2 Å². The van der Waals surface area contributed by atoms with Gasteiger partial charge in [0.1, 0.15) is 23.4 Å². The molecular weight excluding hydrogens is 492 g/mol. The number of carbonyl (C=O) groups is 1. The van der Waals surface area contributed by atoms with E-state index >= 15 is 0 Å². The number of amides is 1. The molecule has 1 aromatic heterocycles. The van der Waals surface area contributed by atoms with E-state index in [0.29, 0.717) is 0 Å². The topological polar surface area (TPSA) is 84.3 Å². The maximum atomic E-state index is 13.9. The SMILES string of the molecule is O=C(NC1CCCC(F)(F)C1O)c1cc(-c2ccc(OC(F)(F)F)cc2)nc(-c2cccc(F)c2)n1. The number of carbonyl (C=O) groups excluding carboxylic acids is 1. The molecule has 0 radical (unpaired) electrons. The largest absolute Gasteiger partial charge is 0.573 e. The molecule has 6 nitrogen and oxygen atoms in total. The number of alkyl halides is 5. The van der Waals surface area contributed by atoms with Crippen molar-refractivity contribution in [3.8, 4) is 28.4 Å². The summed E-state index contributed by atoms with van der Waals surface area (Å²) in [6.45, 7) is 0.